The Morgan fingerprint density at radius 1 is 1.32 bits per heavy atom. The molecule has 3 heteroatoms. The van der Waals surface area contributed by atoms with Crippen LogP contribution >= 0.6 is 0 Å². The van der Waals surface area contributed by atoms with Crippen molar-refractivity contribution in [3.05, 3.63) is 29.8 Å². The fraction of sp³-hybridized carbons (Fsp3) is 0.562. The molecule has 1 atom stereocenters. The third-order valence-electron chi connectivity index (χ3n) is 3.93. The lowest BCUT2D eigenvalue weighted by molar-refractivity contribution is -0.118. The van der Waals surface area contributed by atoms with E-state index in [1.54, 1.807) is 0 Å². The molecule has 1 aliphatic rings. The van der Waals surface area contributed by atoms with Gasteiger partial charge in [0.1, 0.15) is 0 Å². The van der Waals surface area contributed by atoms with Gasteiger partial charge in [0.15, 0.2) is 0 Å². The molecule has 3 nitrogen and oxygen atoms in total. The van der Waals surface area contributed by atoms with Crippen LogP contribution in [0.5, 0.6) is 0 Å². The van der Waals surface area contributed by atoms with Gasteiger partial charge in [0, 0.05) is 11.7 Å². The smallest absolute Gasteiger partial charge is 0.238 e. The van der Waals surface area contributed by atoms with Crippen LogP contribution in [-0.4, -0.2) is 29.9 Å². The van der Waals surface area contributed by atoms with Crippen LogP contribution in [0, 0.1) is 0 Å². The molecule has 0 saturated carbocycles. The van der Waals surface area contributed by atoms with Gasteiger partial charge >= 0.3 is 0 Å². The summed E-state index contributed by atoms with van der Waals surface area (Å²) in [6, 6.07) is 8.63. The topological polar surface area (TPSA) is 32.3 Å². The van der Waals surface area contributed by atoms with Crippen molar-refractivity contribution < 1.29 is 4.79 Å². The van der Waals surface area contributed by atoms with Crippen LogP contribution in [-0.2, 0) is 11.2 Å². The summed E-state index contributed by atoms with van der Waals surface area (Å²) in [6.07, 6.45) is 4.73. The number of likely N-dealkylation sites (tertiary alicyclic amines) is 1. The Labute approximate surface area is 116 Å². The predicted octanol–water partition coefficient (Wildman–Crippen LogP) is 3.06. The van der Waals surface area contributed by atoms with E-state index < -0.39 is 0 Å². The molecule has 0 aliphatic carbocycles. The lowest BCUT2D eigenvalue weighted by Gasteiger charge is -2.32. The normalized spacial score (nSPS) is 20.2. The fourth-order valence-corrected chi connectivity index (χ4v) is 2.60. The van der Waals surface area contributed by atoms with Crippen molar-refractivity contribution in [2.75, 3.05) is 18.4 Å². The summed E-state index contributed by atoms with van der Waals surface area (Å²) >= 11 is 0. The molecule has 1 N–H and O–H groups in total. The maximum absolute atomic E-state index is 12.0. The van der Waals surface area contributed by atoms with Gasteiger partial charge < -0.3 is 5.32 Å². The number of carbonyl (C=O) groups excluding carboxylic acids is 1. The highest BCUT2D eigenvalue weighted by Crippen LogP contribution is 2.16. The third-order valence-corrected chi connectivity index (χ3v) is 3.93. The van der Waals surface area contributed by atoms with Crippen LogP contribution in [0.2, 0.25) is 0 Å². The second-order valence-electron chi connectivity index (χ2n) is 5.41. The number of piperidine rings is 1. The van der Waals surface area contributed by atoms with E-state index in [1.165, 1.54) is 24.8 Å². The van der Waals surface area contributed by atoms with Crippen LogP contribution in [0.3, 0.4) is 0 Å². The summed E-state index contributed by atoms with van der Waals surface area (Å²) in [7, 11) is 0. The minimum absolute atomic E-state index is 0.0954. The highest BCUT2D eigenvalue weighted by Gasteiger charge is 2.20. The number of carbonyl (C=O) groups is 1. The molecule has 0 radical (unpaired) electrons. The summed E-state index contributed by atoms with van der Waals surface area (Å²) < 4.78 is 0. The van der Waals surface area contributed by atoms with Crippen molar-refractivity contribution in [2.45, 2.75) is 45.6 Å². The summed E-state index contributed by atoms with van der Waals surface area (Å²) in [5.41, 5.74) is 2.19. The zero-order chi connectivity index (χ0) is 13.7. The van der Waals surface area contributed by atoms with Crippen LogP contribution in [0.15, 0.2) is 24.3 Å². The average Bonchev–Trinajstić information content (AvgIpc) is 2.42. The SMILES string of the molecule is CCc1ccc(NC(=O)CN2CCCC[C@H]2C)cc1. The van der Waals surface area contributed by atoms with Gasteiger partial charge in [-0.3, -0.25) is 9.69 Å². The summed E-state index contributed by atoms with van der Waals surface area (Å²) in [4.78, 5) is 14.3. The molecular formula is C16H24N2O. The first-order valence-electron chi connectivity index (χ1n) is 7.32. The Balaban J connectivity index is 1.86. The molecule has 1 aliphatic heterocycles. The van der Waals surface area contributed by atoms with Crippen molar-refractivity contribution in [2.24, 2.45) is 0 Å². The molecule has 0 unspecified atom stereocenters. The molecule has 0 bridgehead atoms. The molecule has 1 aromatic carbocycles. The molecular weight excluding hydrogens is 236 g/mol. The Hall–Kier alpha value is -1.35. The number of amides is 1. The summed E-state index contributed by atoms with van der Waals surface area (Å²) in [5, 5.41) is 2.98. The van der Waals surface area contributed by atoms with Crippen molar-refractivity contribution >= 4 is 11.6 Å². The van der Waals surface area contributed by atoms with Crippen molar-refractivity contribution in [1.82, 2.24) is 4.90 Å². The van der Waals surface area contributed by atoms with Crippen LogP contribution in [0.25, 0.3) is 0 Å². The molecule has 1 amide bonds. The minimum atomic E-state index is 0.0954. The molecule has 1 saturated heterocycles. The van der Waals surface area contributed by atoms with E-state index in [2.05, 4.69) is 36.2 Å². The van der Waals surface area contributed by atoms with Gasteiger partial charge in [-0.2, -0.15) is 0 Å². The standard InChI is InChI=1S/C16H24N2O/c1-3-14-7-9-15(10-8-14)17-16(19)12-18-11-5-4-6-13(18)2/h7-10,13H,3-6,11-12H2,1-2H3,(H,17,19)/t13-/m1/s1. The Bertz CT molecular complexity index is 413. The van der Waals surface area contributed by atoms with Gasteiger partial charge in [-0.15, -0.1) is 0 Å². The fourth-order valence-electron chi connectivity index (χ4n) is 2.60. The van der Waals surface area contributed by atoms with Gasteiger partial charge in [-0.1, -0.05) is 25.5 Å². The molecule has 1 fully saturated rings. The molecule has 1 heterocycles. The highest BCUT2D eigenvalue weighted by molar-refractivity contribution is 5.92. The lowest BCUT2D eigenvalue weighted by Crippen LogP contribution is -2.42. The van der Waals surface area contributed by atoms with Crippen LogP contribution in [0.1, 0.15) is 38.7 Å². The highest BCUT2D eigenvalue weighted by atomic mass is 16.2. The monoisotopic (exact) mass is 260 g/mol. The van der Waals surface area contributed by atoms with Gasteiger partial charge in [0.2, 0.25) is 5.91 Å². The van der Waals surface area contributed by atoms with E-state index in [0.29, 0.717) is 12.6 Å². The number of nitrogens with one attached hydrogen (secondary N) is 1. The Morgan fingerprint density at radius 3 is 2.68 bits per heavy atom. The predicted molar refractivity (Wildman–Crippen MR) is 79.3 cm³/mol. The van der Waals surface area contributed by atoms with E-state index in [4.69, 9.17) is 0 Å². The Morgan fingerprint density at radius 2 is 2.05 bits per heavy atom. The van der Waals surface area contributed by atoms with Gasteiger partial charge in [-0.25, -0.2) is 0 Å². The van der Waals surface area contributed by atoms with Gasteiger partial charge in [-0.05, 0) is 50.4 Å². The van der Waals surface area contributed by atoms with Crippen molar-refractivity contribution in [3.63, 3.8) is 0 Å². The van der Waals surface area contributed by atoms with E-state index in [0.717, 1.165) is 18.7 Å². The van der Waals surface area contributed by atoms with E-state index in [1.807, 2.05) is 12.1 Å². The first-order chi connectivity index (χ1) is 9.19. The number of hydrogen-bond donors (Lipinski definition) is 1. The number of aryl methyl sites for hydroxylation is 1. The average molecular weight is 260 g/mol. The molecule has 19 heavy (non-hydrogen) atoms. The largest absolute Gasteiger partial charge is 0.325 e. The first kappa shape index (κ1) is 14.1. The van der Waals surface area contributed by atoms with Gasteiger partial charge in [0.25, 0.3) is 0 Å². The van der Waals surface area contributed by atoms with Crippen molar-refractivity contribution in [3.8, 4) is 0 Å². The quantitative estimate of drug-likeness (QED) is 0.902. The zero-order valence-electron chi connectivity index (χ0n) is 12.0. The molecule has 0 aromatic heterocycles. The van der Waals surface area contributed by atoms with Gasteiger partial charge in [0.05, 0.1) is 6.54 Å². The number of anilines is 1. The van der Waals surface area contributed by atoms with Crippen LogP contribution < -0.4 is 5.32 Å². The molecule has 104 valence electrons. The maximum atomic E-state index is 12.0. The van der Waals surface area contributed by atoms with E-state index in [9.17, 15) is 4.79 Å². The zero-order valence-corrected chi connectivity index (χ0v) is 12.0. The minimum Gasteiger partial charge on any atom is -0.325 e. The van der Waals surface area contributed by atoms with E-state index >= 15 is 0 Å². The molecule has 1 aromatic rings. The lowest BCUT2D eigenvalue weighted by atomic mass is 10.0. The number of rotatable bonds is 4. The first-order valence-corrected chi connectivity index (χ1v) is 7.32. The summed E-state index contributed by atoms with van der Waals surface area (Å²) in [5.74, 6) is 0.0954. The van der Waals surface area contributed by atoms with E-state index in [-0.39, 0.29) is 5.91 Å². The molecule has 2 rings (SSSR count). The second-order valence-corrected chi connectivity index (χ2v) is 5.41. The maximum Gasteiger partial charge on any atom is 0.238 e. The van der Waals surface area contributed by atoms with Crippen LogP contribution in [0.4, 0.5) is 5.69 Å². The van der Waals surface area contributed by atoms with Crippen molar-refractivity contribution in [1.29, 1.82) is 0 Å². The third kappa shape index (κ3) is 4.06. The molecule has 0 spiro atoms. The number of nitrogens with zero attached hydrogens (tertiary/aromatic N) is 1. The number of hydrogen-bond acceptors (Lipinski definition) is 2. The Kier molecular flexibility index (Phi) is 4.97. The summed E-state index contributed by atoms with van der Waals surface area (Å²) in [6.45, 7) is 5.90. The number of benzene rings is 1. The second kappa shape index (κ2) is 6.71.